The third-order valence-corrected chi connectivity index (χ3v) is 4.17. The summed E-state index contributed by atoms with van der Waals surface area (Å²) in [6.07, 6.45) is 7.73. The highest BCUT2D eigenvalue weighted by Gasteiger charge is 2.21. The van der Waals surface area contributed by atoms with E-state index >= 15 is 0 Å². The molecule has 0 radical (unpaired) electrons. The molecule has 2 rings (SSSR count). The highest BCUT2D eigenvalue weighted by atomic mass is 16.5. The van der Waals surface area contributed by atoms with Crippen molar-refractivity contribution < 1.29 is 4.74 Å². The maximum absolute atomic E-state index is 5.79. The molecule has 1 N–H and O–H groups in total. The lowest BCUT2D eigenvalue weighted by molar-refractivity contribution is 0.0947. The van der Waals surface area contributed by atoms with Crippen LogP contribution in [0.1, 0.15) is 63.1 Å². The van der Waals surface area contributed by atoms with Gasteiger partial charge in [0.2, 0.25) is 0 Å². The van der Waals surface area contributed by atoms with E-state index in [9.17, 15) is 0 Å². The van der Waals surface area contributed by atoms with Gasteiger partial charge in [-0.15, -0.1) is 0 Å². The molecule has 0 amide bonds. The predicted octanol–water partition coefficient (Wildman–Crippen LogP) is 4.25. The van der Waals surface area contributed by atoms with Crippen LogP contribution >= 0.6 is 0 Å². The first-order chi connectivity index (χ1) is 9.83. The third kappa shape index (κ3) is 4.60. The van der Waals surface area contributed by atoms with E-state index in [1.165, 1.54) is 43.2 Å². The minimum Gasteiger partial charge on any atom is -0.378 e. The lowest BCUT2D eigenvalue weighted by Crippen LogP contribution is -2.25. The van der Waals surface area contributed by atoms with Gasteiger partial charge >= 0.3 is 0 Å². The van der Waals surface area contributed by atoms with Crippen LogP contribution < -0.4 is 5.32 Å². The number of nitrogens with one attached hydrogen (secondary N) is 1. The minimum atomic E-state index is 0.434. The van der Waals surface area contributed by atoms with Crippen molar-refractivity contribution in [3.05, 3.63) is 35.4 Å². The summed E-state index contributed by atoms with van der Waals surface area (Å²) in [5.74, 6) is 0. The molecule has 2 heteroatoms. The highest BCUT2D eigenvalue weighted by molar-refractivity contribution is 5.25. The second-order valence-corrected chi connectivity index (χ2v) is 5.83. The van der Waals surface area contributed by atoms with E-state index < -0.39 is 0 Å². The fraction of sp³-hybridized carbons (Fsp3) is 0.667. The van der Waals surface area contributed by atoms with Gasteiger partial charge in [0.25, 0.3) is 0 Å². The van der Waals surface area contributed by atoms with Crippen LogP contribution in [0, 0.1) is 0 Å². The molecule has 0 aliphatic carbocycles. The molecular formula is C18H29NO. The average Bonchev–Trinajstić information content (AvgIpc) is 2.98. The number of unbranched alkanes of at least 4 members (excludes halogenated alkanes) is 1. The molecule has 1 heterocycles. The molecule has 0 aromatic heterocycles. The van der Waals surface area contributed by atoms with E-state index in [1.807, 2.05) is 0 Å². The van der Waals surface area contributed by atoms with Crippen molar-refractivity contribution in [3.8, 4) is 0 Å². The molecule has 0 spiro atoms. The van der Waals surface area contributed by atoms with Crippen molar-refractivity contribution in [2.75, 3.05) is 13.2 Å². The van der Waals surface area contributed by atoms with Gasteiger partial charge in [0.1, 0.15) is 0 Å². The number of benzene rings is 1. The summed E-state index contributed by atoms with van der Waals surface area (Å²) in [7, 11) is 0. The first-order valence-electron chi connectivity index (χ1n) is 8.27. The summed E-state index contributed by atoms with van der Waals surface area (Å²) in [4.78, 5) is 0. The van der Waals surface area contributed by atoms with Gasteiger partial charge in [-0.2, -0.15) is 0 Å². The van der Waals surface area contributed by atoms with E-state index in [-0.39, 0.29) is 0 Å². The minimum absolute atomic E-state index is 0.434. The van der Waals surface area contributed by atoms with Crippen LogP contribution in [0.3, 0.4) is 0 Å². The fourth-order valence-corrected chi connectivity index (χ4v) is 2.97. The van der Waals surface area contributed by atoms with Crippen LogP contribution in [0.15, 0.2) is 24.3 Å². The molecule has 1 fully saturated rings. The second kappa shape index (κ2) is 8.43. The van der Waals surface area contributed by atoms with Gasteiger partial charge in [0.15, 0.2) is 0 Å². The van der Waals surface area contributed by atoms with Crippen LogP contribution in [0.25, 0.3) is 0 Å². The number of rotatable bonds is 8. The van der Waals surface area contributed by atoms with Crippen LogP contribution in [-0.4, -0.2) is 19.3 Å². The Morgan fingerprint density at radius 2 is 2.05 bits per heavy atom. The monoisotopic (exact) mass is 275 g/mol. The van der Waals surface area contributed by atoms with Gasteiger partial charge in [0, 0.05) is 12.6 Å². The Bertz CT molecular complexity index is 368. The smallest absolute Gasteiger partial charge is 0.0594 e. The zero-order valence-corrected chi connectivity index (χ0v) is 13.0. The molecule has 2 unspecified atom stereocenters. The molecule has 112 valence electrons. The summed E-state index contributed by atoms with van der Waals surface area (Å²) in [5.41, 5.74) is 2.87. The molecule has 1 aliphatic heterocycles. The van der Waals surface area contributed by atoms with Crippen LogP contribution in [-0.2, 0) is 11.2 Å². The summed E-state index contributed by atoms with van der Waals surface area (Å²) in [6.45, 7) is 6.38. The van der Waals surface area contributed by atoms with E-state index in [1.54, 1.807) is 0 Å². The van der Waals surface area contributed by atoms with Gasteiger partial charge in [-0.3, -0.25) is 0 Å². The van der Waals surface area contributed by atoms with Gasteiger partial charge in [0.05, 0.1) is 6.10 Å². The summed E-state index contributed by atoms with van der Waals surface area (Å²) < 4.78 is 5.79. The Kier molecular flexibility index (Phi) is 6.55. The van der Waals surface area contributed by atoms with Gasteiger partial charge < -0.3 is 10.1 Å². The molecule has 1 aromatic carbocycles. The first-order valence-corrected chi connectivity index (χ1v) is 8.27. The topological polar surface area (TPSA) is 21.3 Å². The molecule has 1 aliphatic rings. The SMILES string of the molecule is CCCCc1ccc(C(CC2CCCO2)NCC)cc1. The molecule has 2 atom stereocenters. The molecule has 0 bridgehead atoms. The van der Waals surface area contributed by atoms with E-state index in [0.717, 1.165) is 19.6 Å². The van der Waals surface area contributed by atoms with Gasteiger partial charge in [-0.1, -0.05) is 44.5 Å². The fourth-order valence-electron chi connectivity index (χ4n) is 2.97. The van der Waals surface area contributed by atoms with Crippen molar-refractivity contribution in [2.45, 2.75) is 64.5 Å². The van der Waals surface area contributed by atoms with Crippen molar-refractivity contribution in [2.24, 2.45) is 0 Å². The van der Waals surface area contributed by atoms with Crippen LogP contribution in [0.2, 0.25) is 0 Å². The lowest BCUT2D eigenvalue weighted by atomic mass is 9.97. The average molecular weight is 275 g/mol. The van der Waals surface area contributed by atoms with Gasteiger partial charge in [-0.25, -0.2) is 0 Å². The summed E-state index contributed by atoms with van der Waals surface area (Å²) >= 11 is 0. The van der Waals surface area contributed by atoms with Crippen LogP contribution in [0.5, 0.6) is 0 Å². The van der Waals surface area contributed by atoms with E-state index in [4.69, 9.17) is 4.74 Å². The molecular weight excluding hydrogens is 246 g/mol. The first kappa shape index (κ1) is 15.5. The van der Waals surface area contributed by atoms with Crippen molar-refractivity contribution >= 4 is 0 Å². The second-order valence-electron chi connectivity index (χ2n) is 5.83. The quantitative estimate of drug-likeness (QED) is 0.766. The zero-order valence-electron chi connectivity index (χ0n) is 13.0. The van der Waals surface area contributed by atoms with Crippen molar-refractivity contribution in [1.82, 2.24) is 5.32 Å². The zero-order chi connectivity index (χ0) is 14.2. The Morgan fingerprint density at radius 3 is 2.65 bits per heavy atom. The molecule has 2 nitrogen and oxygen atoms in total. The van der Waals surface area contributed by atoms with E-state index in [0.29, 0.717) is 12.1 Å². The van der Waals surface area contributed by atoms with Crippen LogP contribution in [0.4, 0.5) is 0 Å². The predicted molar refractivity (Wildman–Crippen MR) is 85.1 cm³/mol. The van der Waals surface area contributed by atoms with E-state index in [2.05, 4.69) is 43.4 Å². The molecule has 20 heavy (non-hydrogen) atoms. The van der Waals surface area contributed by atoms with Crippen molar-refractivity contribution in [1.29, 1.82) is 0 Å². The third-order valence-electron chi connectivity index (χ3n) is 4.17. The molecule has 1 saturated heterocycles. The number of aryl methyl sites for hydroxylation is 1. The van der Waals surface area contributed by atoms with Crippen molar-refractivity contribution in [3.63, 3.8) is 0 Å². The normalized spacial score (nSPS) is 20.2. The number of hydrogen-bond donors (Lipinski definition) is 1. The maximum Gasteiger partial charge on any atom is 0.0594 e. The standard InChI is InChI=1S/C18H29NO/c1-3-5-7-15-9-11-16(12-10-15)18(19-4-2)14-17-8-6-13-20-17/h9-12,17-19H,3-8,13-14H2,1-2H3. The number of ether oxygens (including phenoxy) is 1. The summed E-state index contributed by atoms with van der Waals surface area (Å²) in [6, 6.07) is 9.62. The Labute approximate surface area is 123 Å². The molecule has 1 aromatic rings. The Balaban J connectivity index is 1.96. The number of hydrogen-bond acceptors (Lipinski definition) is 2. The summed E-state index contributed by atoms with van der Waals surface area (Å²) in [5, 5.41) is 3.61. The Morgan fingerprint density at radius 1 is 1.25 bits per heavy atom. The Hall–Kier alpha value is -0.860. The lowest BCUT2D eigenvalue weighted by Gasteiger charge is -2.22. The van der Waals surface area contributed by atoms with Gasteiger partial charge in [-0.05, 0) is 49.8 Å². The maximum atomic E-state index is 5.79. The largest absolute Gasteiger partial charge is 0.378 e. The highest BCUT2D eigenvalue weighted by Crippen LogP contribution is 2.25. The molecule has 0 saturated carbocycles.